The van der Waals surface area contributed by atoms with E-state index in [4.69, 9.17) is 16.3 Å². The summed E-state index contributed by atoms with van der Waals surface area (Å²) in [6.45, 7) is 3.86. The van der Waals surface area contributed by atoms with Crippen LogP contribution in [-0.2, 0) is 16.1 Å². The molecule has 1 amide bonds. The molecule has 140 valence electrons. The van der Waals surface area contributed by atoms with Crippen molar-refractivity contribution in [3.63, 3.8) is 0 Å². The number of fused-ring (bicyclic) bond motifs is 1. The molecule has 0 unspecified atom stereocenters. The summed E-state index contributed by atoms with van der Waals surface area (Å²) in [5, 5.41) is 8.57. The molecule has 1 saturated heterocycles. The van der Waals surface area contributed by atoms with Gasteiger partial charge in [0.15, 0.2) is 11.2 Å². The van der Waals surface area contributed by atoms with E-state index in [1.165, 1.54) is 15.6 Å². The first kappa shape index (κ1) is 17.6. The zero-order chi connectivity index (χ0) is 19.0. The fraction of sp³-hybridized carbons (Fsp3) is 0.353. The second-order valence-corrected chi connectivity index (χ2v) is 6.68. The molecule has 1 fully saturated rings. The van der Waals surface area contributed by atoms with Gasteiger partial charge in [-0.3, -0.25) is 14.2 Å². The Morgan fingerprint density at radius 1 is 1.30 bits per heavy atom. The number of benzene rings is 1. The molecule has 0 aliphatic carbocycles. The Hall–Kier alpha value is -2.78. The minimum atomic E-state index is -0.411. The van der Waals surface area contributed by atoms with Gasteiger partial charge in [0, 0.05) is 18.1 Å². The Balaban J connectivity index is 1.66. The van der Waals surface area contributed by atoms with Gasteiger partial charge in [0.2, 0.25) is 5.91 Å². The molecule has 0 radical (unpaired) electrons. The van der Waals surface area contributed by atoms with Crippen LogP contribution in [0.25, 0.3) is 16.9 Å². The first-order valence-corrected chi connectivity index (χ1v) is 8.85. The van der Waals surface area contributed by atoms with E-state index in [2.05, 4.69) is 15.3 Å². The highest BCUT2D eigenvalue weighted by Crippen LogP contribution is 2.20. The van der Waals surface area contributed by atoms with Gasteiger partial charge >= 0.3 is 0 Å². The Labute approximate surface area is 159 Å². The third-order valence-electron chi connectivity index (χ3n) is 4.50. The molecule has 1 aliphatic rings. The topological polar surface area (TPSA) is 95.1 Å². The van der Waals surface area contributed by atoms with Crippen molar-refractivity contribution in [3.05, 3.63) is 45.5 Å². The molecule has 3 heterocycles. The quantitative estimate of drug-likeness (QED) is 0.658. The fourth-order valence-electron chi connectivity index (χ4n) is 2.90. The lowest BCUT2D eigenvalue weighted by Crippen LogP contribution is -2.43. The molecule has 10 heteroatoms. The number of aromatic nitrogens is 5. The van der Waals surface area contributed by atoms with Crippen molar-refractivity contribution in [2.45, 2.75) is 13.5 Å². The molecule has 0 saturated carbocycles. The maximum absolute atomic E-state index is 12.7. The highest BCUT2D eigenvalue weighted by molar-refractivity contribution is 6.31. The van der Waals surface area contributed by atoms with Crippen LogP contribution in [-0.4, -0.2) is 61.7 Å². The lowest BCUT2D eigenvalue weighted by atomic mass is 10.2. The van der Waals surface area contributed by atoms with Crippen molar-refractivity contribution >= 4 is 28.7 Å². The first-order valence-electron chi connectivity index (χ1n) is 8.47. The van der Waals surface area contributed by atoms with Crippen LogP contribution in [0.2, 0.25) is 5.02 Å². The predicted molar refractivity (Wildman–Crippen MR) is 98.1 cm³/mol. The van der Waals surface area contributed by atoms with Crippen molar-refractivity contribution in [1.82, 2.24) is 29.4 Å². The van der Waals surface area contributed by atoms with Gasteiger partial charge in [-0.05, 0) is 24.6 Å². The normalized spacial score (nSPS) is 14.7. The second-order valence-electron chi connectivity index (χ2n) is 6.28. The van der Waals surface area contributed by atoms with Crippen LogP contribution in [0, 0.1) is 6.92 Å². The Bertz CT molecular complexity index is 1070. The van der Waals surface area contributed by atoms with Crippen molar-refractivity contribution in [3.8, 4) is 5.69 Å². The maximum atomic E-state index is 12.7. The van der Waals surface area contributed by atoms with Crippen molar-refractivity contribution < 1.29 is 9.53 Å². The van der Waals surface area contributed by atoms with E-state index in [0.29, 0.717) is 42.7 Å². The van der Waals surface area contributed by atoms with Gasteiger partial charge in [0.25, 0.3) is 5.56 Å². The molecule has 27 heavy (non-hydrogen) atoms. The van der Waals surface area contributed by atoms with Crippen LogP contribution >= 0.6 is 11.6 Å². The molecule has 1 aliphatic heterocycles. The summed E-state index contributed by atoms with van der Waals surface area (Å²) in [4.78, 5) is 31.0. The van der Waals surface area contributed by atoms with Crippen LogP contribution in [0.15, 0.2) is 29.3 Å². The van der Waals surface area contributed by atoms with Gasteiger partial charge in [-0.15, -0.1) is 5.10 Å². The van der Waals surface area contributed by atoms with E-state index < -0.39 is 5.56 Å². The summed E-state index contributed by atoms with van der Waals surface area (Å²) in [7, 11) is 0. The summed E-state index contributed by atoms with van der Waals surface area (Å²) in [5.41, 5.74) is 1.59. The smallest absolute Gasteiger partial charge is 0.284 e. The summed E-state index contributed by atoms with van der Waals surface area (Å²) in [6, 6.07) is 5.41. The van der Waals surface area contributed by atoms with Crippen LogP contribution in [0.3, 0.4) is 0 Å². The summed E-state index contributed by atoms with van der Waals surface area (Å²) >= 11 is 6.17. The molecule has 0 spiro atoms. The van der Waals surface area contributed by atoms with Crippen molar-refractivity contribution in [2.24, 2.45) is 0 Å². The summed E-state index contributed by atoms with van der Waals surface area (Å²) in [5.74, 6) is -0.153. The van der Waals surface area contributed by atoms with E-state index in [-0.39, 0.29) is 18.0 Å². The van der Waals surface area contributed by atoms with E-state index in [1.807, 2.05) is 19.1 Å². The monoisotopic (exact) mass is 388 g/mol. The molecule has 3 aromatic rings. The zero-order valence-electron chi connectivity index (χ0n) is 14.6. The summed E-state index contributed by atoms with van der Waals surface area (Å²) < 4.78 is 7.94. The van der Waals surface area contributed by atoms with Gasteiger partial charge in [-0.1, -0.05) is 22.9 Å². The molecule has 0 bridgehead atoms. The first-order chi connectivity index (χ1) is 13.0. The van der Waals surface area contributed by atoms with Crippen LogP contribution in [0.4, 0.5) is 0 Å². The van der Waals surface area contributed by atoms with Gasteiger partial charge in [-0.25, -0.2) is 4.98 Å². The lowest BCUT2D eigenvalue weighted by Gasteiger charge is -2.26. The molecule has 0 atom stereocenters. The lowest BCUT2D eigenvalue weighted by molar-refractivity contribution is -0.135. The Morgan fingerprint density at radius 3 is 2.81 bits per heavy atom. The van der Waals surface area contributed by atoms with Gasteiger partial charge in [0.1, 0.15) is 12.9 Å². The number of ether oxygens (including phenoxy) is 1. The van der Waals surface area contributed by atoms with Crippen LogP contribution in [0.5, 0.6) is 0 Å². The molecule has 0 N–H and O–H groups in total. The average Bonchev–Trinajstić information content (AvgIpc) is 3.12. The number of hydrogen-bond donors (Lipinski definition) is 0. The third-order valence-corrected chi connectivity index (χ3v) is 4.91. The van der Waals surface area contributed by atoms with Crippen LogP contribution < -0.4 is 5.56 Å². The Morgan fingerprint density at radius 2 is 2.07 bits per heavy atom. The molecule has 4 rings (SSSR count). The summed E-state index contributed by atoms with van der Waals surface area (Å²) in [6.07, 6.45) is 1.35. The molecule has 2 aromatic heterocycles. The molecule has 9 nitrogen and oxygen atoms in total. The second kappa shape index (κ2) is 7.09. The zero-order valence-corrected chi connectivity index (χ0v) is 15.4. The number of hydrogen-bond acceptors (Lipinski definition) is 6. The number of nitrogens with zero attached hydrogens (tertiary/aromatic N) is 6. The van der Waals surface area contributed by atoms with Gasteiger partial charge < -0.3 is 9.64 Å². The van der Waals surface area contributed by atoms with E-state index in [9.17, 15) is 9.59 Å². The van der Waals surface area contributed by atoms with Crippen LogP contribution in [0.1, 0.15) is 5.56 Å². The SMILES string of the molecule is Cc1ccc(-n2nnc3c(=O)n(CC(=O)N4CCOCC4)cnc32)cc1Cl. The average molecular weight is 389 g/mol. The number of aryl methyl sites for hydroxylation is 1. The minimum Gasteiger partial charge on any atom is -0.378 e. The maximum Gasteiger partial charge on any atom is 0.284 e. The van der Waals surface area contributed by atoms with E-state index >= 15 is 0 Å². The third kappa shape index (κ3) is 3.31. The number of halogens is 1. The van der Waals surface area contributed by atoms with Crippen molar-refractivity contribution in [1.29, 1.82) is 0 Å². The standard InChI is InChI=1S/C17H17ClN6O3/c1-11-2-3-12(8-13(11)18)24-16-15(20-21-24)17(26)23(10-19-16)9-14(25)22-4-6-27-7-5-22/h2-3,8,10H,4-7,9H2,1H3. The predicted octanol–water partition coefficient (Wildman–Crippen LogP) is 0.798. The number of rotatable bonds is 3. The highest BCUT2D eigenvalue weighted by atomic mass is 35.5. The molecular weight excluding hydrogens is 372 g/mol. The van der Waals surface area contributed by atoms with E-state index in [1.54, 1.807) is 11.0 Å². The number of morpholine rings is 1. The number of carbonyl (C=O) groups excluding carboxylic acids is 1. The van der Waals surface area contributed by atoms with E-state index in [0.717, 1.165) is 5.56 Å². The fourth-order valence-corrected chi connectivity index (χ4v) is 3.08. The largest absolute Gasteiger partial charge is 0.378 e. The van der Waals surface area contributed by atoms with Gasteiger partial charge in [0.05, 0.1) is 18.9 Å². The van der Waals surface area contributed by atoms with Gasteiger partial charge in [-0.2, -0.15) is 4.68 Å². The molecule has 1 aromatic carbocycles. The molecular formula is C17H17ClN6O3. The minimum absolute atomic E-state index is 0.0923. The van der Waals surface area contributed by atoms with Crippen molar-refractivity contribution in [2.75, 3.05) is 26.3 Å². The highest BCUT2D eigenvalue weighted by Gasteiger charge is 2.19. The number of amides is 1. The Kier molecular flexibility index (Phi) is 4.63. The number of carbonyl (C=O) groups is 1.